The monoisotopic (exact) mass is 379 g/mol. The van der Waals surface area contributed by atoms with Crippen molar-refractivity contribution in [3.8, 4) is 0 Å². The Hall–Kier alpha value is -0.960. The van der Waals surface area contributed by atoms with E-state index < -0.39 is 36.8 Å². The number of rotatable bonds is 3. The van der Waals surface area contributed by atoms with Gasteiger partial charge in [-0.1, -0.05) is 0 Å². The fraction of sp³-hybridized carbons (Fsp3) is 0.692. The maximum atomic E-state index is 12.6. The molecule has 1 aromatic rings. The largest absolute Gasteiger partial charge is 0.475 e. The third-order valence-corrected chi connectivity index (χ3v) is 5.80. The molecular weight excluding hydrogens is 361 g/mol. The number of phosphoric acid groups is 1. The average molecular weight is 380 g/mol. The van der Waals surface area contributed by atoms with E-state index in [4.69, 9.17) is 35.6 Å². The summed E-state index contributed by atoms with van der Waals surface area (Å²) in [5.41, 5.74) is 4.89. The van der Waals surface area contributed by atoms with Crippen molar-refractivity contribution >= 4 is 25.2 Å². The summed E-state index contributed by atoms with van der Waals surface area (Å²) in [5.74, 6) is 0.0948. The third-order valence-electron chi connectivity index (χ3n) is 3.76. The van der Waals surface area contributed by atoms with Crippen molar-refractivity contribution in [3.63, 3.8) is 0 Å². The van der Waals surface area contributed by atoms with Crippen molar-refractivity contribution in [2.75, 3.05) is 12.3 Å². The van der Waals surface area contributed by atoms with Crippen molar-refractivity contribution in [1.82, 2.24) is 9.55 Å². The van der Waals surface area contributed by atoms with Crippen LogP contribution in [-0.2, 0) is 22.9 Å². The average Bonchev–Trinajstić information content (AvgIpc) is 2.69. The molecule has 2 saturated heterocycles. The zero-order chi connectivity index (χ0) is 17.7. The minimum absolute atomic E-state index is 0.0232. The first-order valence-corrected chi connectivity index (χ1v) is 9.26. The predicted molar refractivity (Wildman–Crippen MR) is 85.7 cm³/mol. The maximum Gasteiger partial charge on any atom is 0.475 e. The first kappa shape index (κ1) is 17.8. The molecule has 9 nitrogen and oxygen atoms in total. The first-order chi connectivity index (χ1) is 11.1. The first-order valence-electron chi connectivity index (χ1n) is 7.43. The Morgan fingerprint density at radius 2 is 2.29 bits per heavy atom. The van der Waals surface area contributed by atoms with E-state index in [-0.39, 0.29) is 18.5 Å². The smallest absolute Gasteiger partial charge is 0.383 e. The van der Waals surface area contributed by atoms with Crippen LogP contribution < -0.4 is 11.4 Å². The van der Waals surface area contributed by atoms with Crippen molar-refractivity contribution in [1.29, 1.82) is 0 Å². The topological polar surface area (TPSA) is 115 Å². The fourth-order valence-electron chi connectivity index (χ4n) is 2.76. The van der Waals surface area contributed by atoms with E-state index in [0.29, 0.717) is 0 Å². The van der Waals surface area contributed by atoms with E-state index in [2.05, 4.69) is 4.98 Å². The zero-order valence-electron chi connectivity index (χ0n) is 13.4. The molecule has 0 spiro atoms. The number of hydrogen-bond donors (Lipinski definition) is 1. The Bertz CT molecular complexity index is 739. The van der Waals surface area contributed by atoms with E-state index in [1.807, 2.05) is 0 Å². The van der Waals surface area contributed by atoms with Gasteiger partial charge < -0.3 is 10.5 Å². The number of nitrogens with zero attached hydrogens (tertiary/aromatic N) is 2. The molecule has 2 N–H and O–H groups in total. The van der Waals surface area contributed by atoms with Crippen LogP contribution in [0.15, 0.2) is 17.1 Å². The van der Waals surface area contributed by atoms with Crippen LogP contribution >= 0.6 is 19.4 Å². The molecule has 0 amide bonds. The Balaban J connectivity index is 1.90. The lowest BCUT2D eigenvalue weighted by Crippen LogP contribution is -2.45. The van der Waals surface area contributed by atoms with Gasteiger partial charge in [0.05, 0.1) is 12.7 Å². The lowest BCUT2D eigenvalue weighted by atomic mass is 10.0. The minimum Gasteiger partial charge on any atom is -0.383 e. The minimum atomic E-state index is -3.74. The molecule has 2 fully saturated rings. The molecule has 0 saturated carbocycles. The summed E-state index contributed by atoms with van der Waals surface area (Å²) in [7, 11) is -3.74. The van der Waals surface area contributed by atoms with E-state index in [1.54, 1.807) is 20.8 Å². The van der Waals surface area contributed by atoms with Crippen molar-refractivity contribution < 1.29 is 22.9 Å². The number of halogens is 1. The van der Waals surface area contributed by atoms with Gasteiger partial charge in [0, 0.05) is 6.20 Å². The number of hydrogen-bond acceptors (Lipinski definition) is 8. The second-order valence-electron chi connectivity index (χ2n) is 6.14. The normalized spacial score (nSPS) is 39.1. The predicted octanol–water partition coefficient (Wildman–Crippen LogP) is 1.67. The summed E-state index contributed by atoms with van der Waals surface area (Å²) in [6.07, 6.45) is -1.18. The van der Waals surface area contributed by atoms with E-state index in [9.17, 15) is 9.36 Å². The molecule has 0 aromatic carbocycles. The summed E-state index contributed by atoms with van der Waals surface area (Å²) in [4.78, 5) is 14.6. The molecule has 2 aliphatic heterocycles. The molecule has 0 aliphatic carbocycles. The highest BCUT2D eigenvalue weighted by molar-refractivity contribution is 7.48. The molecule has 1 aromatic heterocycles. The number of aromatic nitrogens is 2. The Morgan fingerprint density at radius 3 is 2.92 bits per heavy atom. The van der Waals surface area contributed by atoms with Crippen LogP contribution in [0, 0.1) is 0 Å². The van der Waals surface area contributed by atoms with Gasteiger partial charge in [-0.05, 0) is 26.8 Å². The molecule has 0 bridgehead atoms. The van der Waals surface area contributed by atoms with E-state index in [0.717, 1.165) is 0 Å². The van der Waals surface area contributed by atoms with Gasteiger partial charge in [0.25, 0.3) is 0 Å². The van der Waals surface area contributed by atoms with E-state index >= 15 is 0 Å². The zero-order valence-corrected chi connectivity index (χ0v) is 15.1. The quantitative estimate of drug-likeness (QED) is 0.623. The summed E-state index contributed by atoms with van der Waals surface area (Å²) in [6, 6.07) is 1.46. The van der Waals surface area contributed by atoms with Crippen LogP contribution in [-0.4, -0.2) is 39.3 Å². The standard InChI is InChI=1S/C13H19ClN3O6P/c1-7(2)22-24(19)20-6-8-10(23-24)13(3,14)11(21-8)17-5-4-9(15)16-12(17)18/h4-5,7-8,10-11H,6H2,1-3H3,(H2,15,16,18). The molecule has 0 radical (unpaired) electrons. The van der Waals surface area contributed by atoms with Crippen LogP contribution in [0.4, 0.5) is 5.82 Å². The highest BCUT2D eigenvalue weighted by atomic mass is 35.5. The second-order valence-corrected chi connectivity index (χ2v) is 8.53. The summed E-state index contributed by atoms with van der Waals surface area (Å²) in [6.45, 7) is 5.04. The molecule has 11 heteroatoms. The second kappa shape index (κ2) is 6.09. The van der Waals surface area contributed by atoms with Crippen LogP contribution in [0.3, 0.4) is 0 Å². The maximum absolute atomic E-state index is 12.6. The number of nitrogens with two attached hydrogens (primary N) is 1. The Morgan fingerprint density at radius 1 is 1.58 bits per heavy atom. The van der Waals surface area contributed by atoms with Gasteiger partial charge in [-0.25, -0.2) is 9.36 Å². The molecule has 2 aliphatic rings. The van der Waals surface area contributed by atoms with Crippen molar-refractivity contribution in [3.05, 3.63) is 22.7 Å². The number of phosphoric ester groups is 1. The van der Waals surface area contributed by atoms with Gasteiger partial charge in [0.15, 0.2) is 6.23 Å². The summed E-state index contributed by atoms with van der Waals surface area (Å²) in [5, 5.41) is 0. The van der Waals surface area contributed by atoms with Crippen LogP contribution in [0.2, 0.25) is 0 Å². The van der Waals surface area contributed by atoms with Crippen LogP contribution in [0.25, 0.3) is 0 Å². The van der Waals surface area contributed by atoms with Gasteiger partial charge in [-0.2, -0.15) is 4.98 Å². The lowest BCUT2D eigenvalue weighted by Gasteiger charge is -2.35. The van der Waals surface area contributed by atoms with Crippen molar-refractivity contribution in [2.24, 2.45) is 0 Å². The number of ether oxygens (including phenoxy) is 1. The summed E-state index contributed by atoms with van der Waals surface area (Å²) < 4.78 is 35.6. The molecule has 24 heavy (non-hydrogen) atoms. The molecule has 134 valence electrons. The fourth-order valence-corrected chi connectivity index (χ4v) is 4.82. The van der Waals surface area contributed by atoms with Crippen LogP contribution in [0.5, 0.6) is 0 Å². The van der Waals surface area contributed by atoms with Gasteiger partial charge in [-0.15, -0.1) is 11.6 Å². The van der Waals surface area contributed by atoms with Crippen LogP contribution in [0.1, 0.15) is 27.0 Å². The molecule has 5 unspecified atom stereocenters. The number of anilines is 1. The SMILES string of the molecule is CC(C)OP1(=O)OCC2OC(n3ccc(N)nc3=O)C(C)(Cl)C2O1. The number of fused-ring (bicyclic) bond motifs is 1. The van der Waals surface area contributed by atoms with E-state index in [1.165, 1.54) is 16.8 Å². The highest BCUT2D eigenvalue weighted by Crippen LogP contribution is 2.60. The third kappa shape index (κ3) is 3.12. The number of alkyl halides is 1. The van der Waals surface area contributed by atoms with Gasteiger partial charge in [0.2, 0.25) is 0 Å². The molecule has 3 heterocycles. The summed E-state index contributed by atoms with van der Waals surface area (Å²) >= 11 is 6.62. The lowest BCUT2D eigenvalue weighted by molar-refractivity contribution is -0.0748. The van der Waals surface area contributed by atoms with Gasteiger partial charge in [-0.3, -0.25) is 18.1 Å². The van der Waals surface area contributed by atoms with Crippen molar-refractivity contribution in [2.45, 2.75) is 50.2 Å². The Kier molecular flexibility index (Phi) is 4.53. The highest BCUT2D eigenvalue weighted by Gasteiger charge is 2.60. The number of nitrogen functional groups attached to an aromatic ring is 1. The molecular formula is C13H19ClN3O6P. The molecule has 3 rings (SSSR count). The molecule has 5 atom stereocenters. The Labute approximate surface area is 143 Å². The van der Waals surface area contributed by atoms with Gasteiger partial charge in [0.1, 0.15) is 22.9 Å². The van der Waals surface area contributed by atoms with Gasteiger partial charge >= 0.3 is 13.5 Å².